The van der Waals surface area contributed by atoms with Crippen molar-refractivity contribution in [3.8, 4) is 6.07 Å². The van der Waals surface area contributed by atoms with Crippen LogP contribution < -0.4 is 0 Å². The van der Waals surface area contributed by atoms with E-state index in [1.54, 1.807) is 6.21 Å². The standard InChI is InChI=1S/C24H29N3O/c1-6-21-11-20(14-25)12-22(17(2)3)23(21)13-24(28)26-15-18-7-9-19(10-8-18)16-27(4)5/h7-12,15,17H,6,13,16H2,1-5H3/b26-15+. The van der Waals surface area contributed by atoms with Crippen LogP contribution in [0.2, 0.25) is 0 Å². The van der Waals surface area contributed by atoms with Gasteiger partial charge in [-0.3, -0.25) is 4.79 Å². The maximum Gasteiger partial charge on any atom is 0.250 e. The van der Waals surface area contributed by atoms with Crippen LogP contribution in [0.15, 0.2) is 41.4 Å². The number of carbonyl (C=O) groups excluding carboxylic acids is 1. The molecular weight excluding hydrogens is 346 g/mol. The first kappa shape index (κ1) is 21.5. The first-order chi connectivity index (χ1) is 13.3. The van der Waals surface area contributed by atoms with Gasteiger partial charge in [0, 0.05) is 12.8 Å². The molecule has 146 valence electrons. The second kappa shape index (κ2) is 9.96. The summed E-state index contributed by atoms with van der Waals surface area (Å²) < 4.78 is 0. The number of benzene rings is 2. The van der Waals surface area contributed by atoms with E-state index in [-0.39, 0.29) is 18.2 Å². The lowest BCUT2D eigenvalue weighted by molar-refractivity contribution is -0.117. The summed E-state index contributed by atoms with van der Waals surface area (Å²) in [6.07, 6.45) is 2.68. The summed E-state index contributed by atoms with van der Waals surface area (Å²) in [7, 11) is 4.07. The van der Waals surface area contributed by atoms with E-state index in [4.69, 9.17) is 0 Å². The zero-order chi connectivity index (χ0) is 20.7. The molecule has 0 aliphatic rings. The second-order valence-corrected chi connectivity index (χ2v) is 7.63. The largest absolute Gasteiger partial charge is 0.305 e. The molecule has 2 rings (SSSR count). The molecule has 4 nitrogen and oxygen atoms in total. The summed E-state index contributed by atoms with van der Waals surface area (Å²) in [5.41, 5.74) is 5.92. The molecule has 2 aromatic rings. The number of aliphatic imine (C=N–C) groups is 1. The summed E-state index contributed by atoms with van der Waals surface area (Å²) >= 11 is 0. The van der Waals surface area contributed by atoms with E-state index in [9.17, 15) is 10.1 Å². The molecule has 0 aliphatic heterocycles. The highest BCUT2D eigenvalue weighted by atomic mass is 16.1. The molecule has 0 bridgehead atoms. The van der Waals surface area contributed by atoms with Crippen LogP contribution in [-0.2, 0) is 24.2 Å². The Morgan fingerprint density at radius 3 is 2.43 bits per heavy atom. The van der Waals surface area contributed by atoms with Crippen molar-refractivity contribution in [2.75, 3.05) is 14.1 Å². The molecule has 0 fully saturated rings. The average molecular weight is 376 g/mol. The number of rotatable bonds is 7. The first-order valence-corrected chi connectivity index (χ1v) is 9.70. The highest BCUT2D eigenvalue weighted by molar-refractivity contribution is 5.93. The molecular formula is C24H29N3O. The van der Waals surface area contributed by atoms with Crippen LogP contribution in [0.3, 0.4) is 0 Å². The molecule has 4 heteroatoms. The molecule has 0 heterocycles. The van der Waals surface area contributed by atoms with Gasteiger partial charge in [-0.2, -0.15) is 5.26 Å². The Labute approximate surface area is 168 Å². The zero-order valence-corrected chi connectivity index (χ0v) is 17.5. The van der Waals surface area contributed by atoms with Crippen LogP contribution in [0, 0.1) is 11.3 Å². The van der Waals surface area contributed by atoms with Crippen molar-refractivity contribution in [2.45, 2.75) is 46.1 Å². The predicted molar refractivity (Wildman–Crippen MR) is 115 cm³/mol. The first-order valence-electron chi connectivity index (χ1n) is 9.70. The van der Waals surface area contributed by atoms with Gasteiger partial charge < -0.3 is 4.90 Å². The predicted octanol–water partition coefficient (Wildman–Crippen LogP) is 4.49. The smallest absolute Gasteiger partial charge is 0.250 e. The topological polar surface area (TPSA) is 56.5 Å². The van der Waals surface area contributed by atoms with Gasteiger partial charge in [0.25, 0.3) is 0 Å². The van der Waals surface area contributed by atoms with E-state index in [1.165, 1.54) is 5.56 Å². The van der Waals surface area contributed by atoms with Crippen LogP contribution in [0.4, 0.5) is 0 Å². The van der Waals surface area contributed by atoms with Gasteiger partial charge in [0.1, 0.15) is 0 Å². The van der Waals surface area contributed by atoms with Gasteiger partial charge in [0.05, 0.1) is 18.1 Å². The maximum absolute atomic E-state index is 12.5. The van der Waals surface area contributed by atoms with Crippen molar-refractivity contribution < 1.29 is 4.79 Å². The van der Waals surface area contributed by atoms with Gasteiger partial charge in [0.15, 0.2) is 0 Å². The lowest BCUT2D eigenvalue weighted by Crippen LogP contribution is -2.10. The van der Waals surface area contributed by atoms with Crippen molar-refractivity contribution in [3.05, 3.63) is 69.8 Å². The molecule has 0 aliphatic carbocycles. The summed E-state index contributed by atoms with van der Waals surface area (Å²) in [4.78, 5) is 18.8. The Kier molecular flexibility index (Phi) is 7.66. The van der Waals surface area contributed by atoms with Crippen LogP contribution >= 0.6 is 0 Å². The molecule has 0 saturated carbocycles. The van der Waals surface area contributed by atoms with Gasteiger partial charge in [-0.25, -0.2) is 4.99 Å². The van der Waals surface area contributed by atoms with Crippen molar-refractivity contribution in [1.29, 1.82) is 5.26 Å². The summed E-state index contributed by atoms with van der Waals surface area (Å²) in [6, 6.07) is 14.1. The zero-order valence-electron chi connectivity index (χ0n) is 17.5. The molecule has 0 unspecified atom stereocenters. The monoisotopic (exact) mass is 375 g/mol. The Morgan fingerprint density at radius 2 is 1.89 bits per heavy atom. The highest BCUT2D eigenvalue weighted by Crippen LogP contribution is 2.26. The number of aryl methyl sites for hydroxylation is 1. The summed E-state index contributed by atoms with van der Waals surface area (Å²) in [6.45, 7) is 7.10. The Bertz CT molecular complexity index is 887. The van der Waals surface area contributed by atoms with Crippen molar-refractivity contribution >= 4 is 12.1 Å². The van der Waals surface area contributed by atoms with E-state index < -0.39 is 0 Å². The fourth-order valence-corrected chi connectivity index (χ4v) is 3.28. The summed E-state index contributed by atoms with van der Waals surface area (Å²) in [5, 5.41) is 9.27. The maximum atomic E-state index is 12.5. The van der Waals surface area contributed by atoms with E-state index in [1.807, 2.05) is 45.3 Å². The minimum atomic E-state index is -0.168. The van der Waals surface area contributed by atoms with Crippen LogP contribution in [0.25, 0.3) is 0 Å². The lowest BCUT2D eigenvalue weighted by atomic mass is 9.88. The van der Waals surface area contributed by atoms with E-state index >= 15 is 0 Å². The number of carbonyl (C=O) groups is 1. The van der Waals surface area contributed by atoms with Crippen LogP contribution in [-0.4, -0.2) is 31.1 Å². The van der Waals surface area contributed by atoms with E-state index in [0.29, 0.717) is 5.56 Å². The Balaban J connectivity index is 2.18. The number of hydrogen-bond acceptors (Lipinski definition) is 3. The van der Waals surface area contributed by atoms with Crippen molar-refractivity contribution in [1.82, 2.24) is 4.90 Å². The van der Waals surface area contributed by atoms with Crippen LogP contribution in [0.5, 0.6) is 0 Å². The highest BCUT2D eigenvalue weighted by Gasteiger charge is 2.15. The molecule has 0 saturated heterocycles. The second-order valence-electron chi connectivity index (χ2n) is 7.63. The fourth-order valence-electron chi connectivity index (χ4n) is 3.28. The normalized spacial score (nSPS) is 11.4. The minimum absolute atomic E-state index is 0.168. The van der Waals surface area contributed by atoms with Crippen molar-refractivity contribution in [3.63, 3.8) is 0 Å². The van der Waals surface area contributed by atoms with Crippen LogP contribution in [0.1, 0.15) is 60.1 Å². The molecule has 28 heavy (non-hydrogen) atoms. The molecule has 1 amide bonds. The molecule has 0 radical (unpaired) electrons. The molecule has 0 atom stereocenters. The van der Waals surface area contributed by atoms with E-state index in [2.05, 4.69) is 41.9 Å². The number of nitrogens with zero attached hydrogens (tertiary/aromatic N) is 3. The Hall–Kier alpha value is -2.77. The van der Waals surface area contributed by atoms with Gasteiger partial charge in [-0.15, -0.1) is 0 Å². The third kappa shape index (κ3) is 5.87. The molecule has 0 spiro atoms. The quantitative estimate of drug-likeness (QED) is 0.670. The Morgan fingerprint density at radius 1 is 1.21 bits per heavy atom. The third-order valence-electron chi connectivity index (χ3n) is 4.67. The molecule has 0 aromatic heterocycles. The number of amides is 1. The SMILES string of the molecule is CCc1cc(C#N)cc(C(C)C)c1CC(=O)/N=C/c1ccc(CN(C)C)cc1. The fraction of sp³-hybridized carbons (Fsp3) is 0.375. The number of hydrogen-bond donors (Lipinski definition) is 0. The van der Waals surface area contributed by atoms with Crippen molar-refractivity contribution in [2.24, 2.45) is 4.99 Å². The minimum Gasteiger partial charge on any atom is -0.305 e. The van der Waals surface area contributed by atoms with Gasteiger partial charge in [-0.1, -0.05) is 45.0 Å². The van der Waals surface area contributed by atoms with E-state index in [0.717, 1.165) is 35.2 Å². The third-order valence-corrected chi connectivity index (χ3v) is 4.67. The molecule has 0 N–H and O–H groups in total. The lowest BCUT2D eigenvalue weighted by Gasteiger charge is -2.16. The average Bonchev–Trinajstić information content (AvgIpc) is 2.66. The summed E-state index contributed by atoms with van der Waals surface area (Å²) in [5.74, 6) is 0.0771. The molecule has 2 aromatic carbocycles. The number of nitriles is 1. The van der Waals surface area contributed by atoms with Gasteiger partial charge >= 0.3 is 0 Å². The van der Waals surface area contributed by atoms with Gasteiger partial charge in [0.2, 0.25) is 5.91 Å². The van der Waals surface area contributed by atoms with Gasteiger partial charge in [-0.05, 0) is 66.4 Å².